The number of aliphatic carboxylic acids is 1. The Hall–Kier alpha value is -1.82. The number of hydrogen-bond donors (Lipinski definition) is 3. The third kappa shape index (κ3) is 6.61. The van der Waals surface area contributed by atoms with Gasteiger partial charge in [0, 0.05) is 12.2 Å². The quantitative estimate of drug-likeness (QED) is 0.695. The summed E-state index contributed by atoms with van der Waals surface area (Å²) in [4.78, 5) is 10.3. The second-order valence-corrected chi connectivity index (χ2v) is 4.62. The van der Waals surface area contributed by atoms with E-state index in [0.29, 0.717) is 11.7 Å². The summed E-state index contributed by atoms with van der Waals surface area (Å²) in [6.45, 7) is 4.23. The molecule has 1 aromatic rings. The van der Waals surface area contributed by atoms with Crippen LogP contribution in [-0.2, 0) is 4.79 Å². The zero-order chi connectivity index (χ0) is 14.3. The van der Waals surface area contributed by atoms with Crippen LogP contribution in [0.1, 0.15) is 20.3 Å². The lowest BCUT2D eigenvalue weighted by Gasteiger charge is -2.12. The molecule has 0 saturated carbocycles. The molecule has 6 heteroatoms. The molecule has 0 aliphatic heterocycles. The first kappa shape index (κ1) is 15.2. The minimum atomic E-state index is -0.856. The molecule has 1 rings (SSSR count). The smallest absolute Gasteiger partial charge is 0.305 e. The molecule has 3 N–H and O–H groups in total. The molecule has 0 saturated heterocycles. The molecule has 104 valence electrons. The lowest BCUT2D eigenvalue weighted by Crippen LogP contribution is -2.30. The SMILES string of the molecule is CC(C)Oc1ccc(NC(=S)NCCC(=O)O)cc1. The van der Waals surface area contributed by atoms with Gasteiger partial charge in [0.05, 0.1) is 12.5 Å². The van der Waals surface area contributed by atoms with Gasteiger partial charge in [-0.05, 0) is 50.3 Å². The van der Waals surface area contributed by atoms with E-state index < -0.39 is 5.97 Å². The number of nitrogens with one attached hydrogen (secondary N) is 2. The van der Waals surface area contributed by atoms with Crippen LogP contribution < -0.4 is 15.4 Å². The van der Waals surface area contributed by atoms with Gasteiger partial charge in [-0.25, -0.2) is 0 Å². The molecule has 0 aliphatic rings. The molecule has 0 atom stereocenters. The van der Waals surface area contributed by atoms with Crippen LogP contribution >= 0.6 is 12.2 Å². The van der Waals surface area contributed by atoms with E-state index in [9.17, 15) is 4.79 Å². The zero-order valence-electron chi connectivity index (χ0n) is 11.0. The van der Waals surface area contributed by atoms with Gasteiger partial charge in [0.25, 0.3) is 0 Å². The van der Waals surface area contributed by atoms with E-state index in [4.69, 9.17) is 22.1 Å². The van der Waals surface area contributed by atoms with Crippen LogP contribution in [0.3, 0.4) is 0 Å². The maximum absolute atomic E-state index is 10.3. The molecule has 0 unspecified atom stereocenters. The molecule has 0 heterocycles. The van der Waals surface area contributed by atoms with Crippen molar-refractivity contribution in [2.24, 2.45) is 0 Å². The minimum Gasteiger partial charge on any atom is -0.491 e. The minimum absolute atomic E-state index is 0.0307. The Balaban J connectivity index is 2.40. The average molecular weight is 282 g/mol. The maximum Gasteiger partial charge on any atom is 0.305 e. The molecular formula is C13H18N2O3S. The van der Waals surface area contributed by atoms with Crippen LogP contribution in [0, 0.1) is 0 Å². The Bertz CT molecular complexity index is 432. The molecule has 0 fully saturated rings. The Morgan fingerprint density at radius 1 is 1.37 bits per heavy atom. The molecule has 0 aliphatic carbocycles. The number of hydrogen-bond acceptors (Lipinski definition) is 3. The Labute approximate surface area is 118 Å². The topological polar surface area (TPSA) is 70.6 Å². The van der Waals surface area contributed by atoms with Crippen LogP contribution in [0.15, 0.2) is 24.3 Å². The van der Waals surface area contributed by atoms with E-state index >= 15 is 0 Å². The van der Waals surface area contributed by atoms with Crippen LogP contribution in [0.25, 0.3) is 0 Å². The van der Waals surface area contributed by atoms with Crippen molar-refractivity contribution in [2.45, 2.75) is 26.4 Å². The molecule has 0 spiro atoms. The van der Waals surface area contributed by atoms with Crippen molar-refractivity contribution in [2.75, 3.05) is 11.9 Å². The molecule has 0 amide bonds. The standard InChI is InChI=1S/C13H18N2O3S/c1-9(2)18-11-5-3-10(4-6-11)15-13(19)14-8-7-12(16)17/h3-6,9H,7-8H2,1-2H3,(H,16,17)(H2,14,15,19). The van der Waals surface area contributed by atoms with Gasteiger partial charge in [0.2, 0.25) is 0 Å². The number of anilines is 1. The number of carboxylic acid groups (broad SMARTS) is 1. The van der Waals surface area contributed by atoms with Gasteiger partial charge < -0.3 is 20.5 Å². The number of thiocarbonyl (C=S) groups is 1. The highest BCUT2D eigenvalue weighted by atomic mass is 32.1. The van der Waals surface area contributed by atoms with Gasteiger partial charge in [-0.3, -0.25) is 4.79 Å². The highest BCUT2D eigenvalue weighted by molar-refractivity contribution is 7.80. The van der Waals surface area contributed by atoms with E-state index in [0.717, 1.165) is 11.4 Å². The van der Waals surface area contributed by atoms with E-state index in [2.05, 4.69) is 10.6 Å². The fraction of sp³-hybridized carbons (Fsp3) is 0.385. The van der Waals surface area contributed by atoms with Gasteiger partial charge in [-0.1, -0.05) is 0 Å². The summed E-state index contributed by atoms with van der Waals surface area (Å²) in [5, 5.41) is 14.7. The van der Waals surface area contributed by atoms with Crippen molar-refractivity contribution in [1.29, 1.82) is 0 Å². The van der Waals surface area contributed by atoms with Crippen LogP contribution in [0.4, 0.5) is 5.69 Å². The molecular weight excluding hydrogens is 264 g/mol. The number of rotatable bonds is 6. The third-order valence-electron chi connectivity index (χ3n) is 2.11. The van der Waals surface area contributed by atoms with Gasteiger partial charge in [-0.2, -0.15) is 0 Å². The zero-order valence-corrected chi connectivity index (χ0v) is 11.8. The van der Waals surface area contributed by atoms with Crippen molar-refractivity contribution in [3.8, 4) is 5.75 Å². The van der Waals surface area contributed by atoms with Crippen molar-refractivity contribution in [3.63, 3.8) is 0 Å². The van der Waals surface area contributed by atoms with E-state index in [1.54, 1.807) is 0 Å². The Morgan fingerprint density at radius 2 is 2.00 bits per heavy atom. The summed E-state index contributed by atoms with van der Waals surface area (Å²) in [5.41, 5.74) is 0.823. The second-order valence-electron chi connectivity index (χ2n) is 4.22. The summed E-state index contributed by atoms with van der Waals surface area (Å²) in [5.74, 6) is -0.0595. The first-order valence-electron chi connectivity index (χ1n) is 6.00. The van der Waals surface area contributed by atoms with Crippen LogP contribution in [-0.4, -0.2) is 28.8 Å². The molecule has 5 nitrogen and oxygen atoms in total. The largest absolute Gasteiger partial charge is 0.491 e. The van der Waals surface area contributed by atoms with Crippen LogP contribution in [0.5, 0.6) is 5.75 Å². The summed E-state index contributed by atoms with van der Waals surface area (Å²) >= 11 is 5.04. The van der Waals surface area contributed by atoms with Crippen molar-refractivity contribution >= 4 is 29.0 Å². The molecule has 1 aromatic carbocycles. The number of carbonyl (C=O) groups is 1. The number of benzene rings is 1. The number of carboxylic acids is 1. The molecule has 0 bridgehead atoms. The summed E-state index contributed by atoms with van der Waals surface area (Å²) in [6, 6.07) is 7.40. The fourth-order valence-corrected chi connectivity index (χ4v) is 1.57. The predicted octanol–water partition coefficient (Wildman–Crippen LogP) is 2.23. The van der Waals surface area contributed by atoms with Gasteiger partial charge in [0.15, 0.2) is 5.11 Å². The van der Waals surface area contributed by atoms with E-state index in [-0.39, 0.29) is 12.5 Å². The van der Waals surface area contributed by atoms with Gasteiger partial charge >= 0.3 is 5.97 Å². The first-order valence-corrected chi connectivity index (χ1v) is 6.41. The maximum atomic E-state index is 10.3. The van der Waals surface area contributed by atoms with E-state index in [1.165, 1.54) is 0 Å². The molecule has 0 radical (unpaired) electrons. The highest BCUT2D eigenvalue weighted by Crippen LogP contribution is 2.16. The highest BCUT2D eigenvalue weighted by Gasteiger charge is 2.01. The van der Waals surface area contributed by atoms with E-state index in [1.807, 2.05) is 38.1 Å². The summed E-state index contributed by atoms with van der Waals surface area (Å²) in [6.07, 6.45) is 0.167. The monoisotopic (exact) mass is 282 g/mol. The fourth-order valence-electron chi connectivity index (χ4n) is 1.35. The summed E-state index contributed by atoms with van der Waals surface area (Å²) in [7, 11) is 0. The number of ether oxygens (including phenoxy) is 1. The normalized spacial score (nSPS) is 10.1. The van der Waals surface area contributed by atoms with Crippen LogP contribution in [0.2, 0.25) is 0 Å². The second kappa shape index (κ2) is 7.58. The van der Waals surface area contributed by atoms with Crippen molar-refractivity contribution < 1.29 is 14.6 Å². The van der Waals surface area contributed by atoms with Gasteiger partial charge in [0.1, 0.15) is 5.75 Å². The lowest BCUT2D eigenvalue weighted by atomic mass is 10.3. The predicted molar refractivity (Wildman–Crippen MR) is 78.7 cm³/mol. The van der Waals surface area contributed by atoms with Crippen molar-refractivity contribution in [3.05, 3.63) is 24.3 Å². The average Bonchev–Trinajstić information content (AvgIpc) is 2.30. The Morgan fingerprint density at radius 3 is 2.53 bits per heavy atom. The summed E-state index contributed by atoms with van der Waals surface area (Å²) < 4.78 is 5.52. The molecule has 19 heavy (non-hydrogen) atoms. The van der Waals surface area contributed by atoms with Crippen molar-refractivity contribution in [1.82, 2.24) is 5.32 Å². The van der Waals surface area contributed by atoms with Gasteiger partial charge in [-0.15, -0.1) is 0 Å². The third-order valence-corrected chi connectivity index (χ3v) is 2.35. The lowest BCUT2D eigenvalue weighted by molar-refractivity contribution is -0.136. The first-order chi connectivity index (χ1) is 8.97. The molecule has 0 aromatic heterocycles. The Kier molecular flexibility index (Phi) is 6.08.